The summed E-state index contributed by atoms with van der Waals surface area (Å²) in [5, 5.41) is 2.59. The molecule has 0 heterocycles. The zero-order valence-corrected chi connectivity index (χ0v) is 11.0. The Morgan fingerprint density at radius 2 is 2.00 bits per heavy atom. The zero-order valence-electron chi connectivity index (χ0n) is 9.33. The van der Waals surface area contributed by atoms with Crippen LogP contribution >= 0.6 is 18.1 Å². The van der Waals surface area contributed by atoms with Crippen LogP contribution in [-0.2, 0) is 13.8 Å². The average molecular weight is 244 g/mol. The standard InChI is InChI=1S/C8H19ClNO3P/c1-6-12-7(2)10-14(9,11)13-8(3,4)5/h7H,6H2,1-5H3,(H,10,11). The van der Waals surface area contributed by atoms with Gasteiger partial charge in [0, 0.05) is 6.61 Å². The Labute approximate surface area is 90.6 Å². The SMILES string of the molecule is CCOC(C)NP(=O)(Cl)OC(C)(C)C. The molecule has 0 amide bonds. The van der Waals surface area contributed by atoms with Crippen molar-refractivity contribution in [2.45, 2.75) is 46.4 Å². The van der Waals surface area contributed by atoms with Crippen molar-refractivity contribution < 1.29 is 13.8 Å². The van der Waals surface area contributed by atoms with E-state index in [0.29, 0.717) is 6.61 Å². The molecule has 14 heavy (non-hydrogen) atoms. The quantitative estimate of drug-likeness (QED) is 0.595. The Kier molecular flexibility index (Phi) is 5.63. The molecule has 4 nitrogen and oxygen atoms in total. The molecular weight excluding hydrogens is 225 g/mol. The minimum Gasteiger partial charge on any atom is -0.363 e. The first kappa shape index (κ1) is 14.4. The first-order chi connectivity index (χ1) is 6.16. The van der Waals surface area contributed by atoms with Gasteiger partial charge in [-0.2, -0.15) is 0 Å². The van der Waals surface area contributed by atoms with E-state index in [-0.39, 0.29) is 6.23 Å². The summed E-state index contributed by atoms with van der Waals surface area (Å²) < 4.78 is 22.0. The van der Waals surface area contributed by atoms with Gasteiger partial charge in [0.15, 0.2) is 0 Å². The van der Waals surface area contributed by atoms with Gasteiger partial charge in [0.05, 0.1) is 5.60 Å². The minimum absolute atomic E-state index is 0.384. The smallest absolute Gasteiger partial charge is 0.363 e. The lowest BCUT2D eigenvalue weighted by molar-refractivity contribution is 0.0600. The fourth-order valence-corrected chi connectivity index (χ4v) is 3.18. The van der Waals surface area contributed by atoms with Crippen LogP contribution < -0.4 is 5.09 Å². The third kappa shape index (κ3) is 7.77. The second-order valence-corrected chi connectivity index (χ2v) is 6.65. The number of ether oxygens (including phenoxy) is 1. The number of rotatable bonds is 5. The first-order valence-corrected chi connectivity index (χ1v) is 7.09. The fourth-order valence-electron chi connectivity index (χ4n) is 0.883. The summed E-state index contributed by atoms with van der Waals surface area (Å²) in [5.74, 6) is 0. The van der Waals surface area contributed by atoms with E-state index >= 15 is 0 Å². The molecule has 0 aliphatic heterocycles. The molecule has 0 saturated carbocycles. The van der Waals surface area contributed by atoms with E-state index in [1.54, 1.807) is 27.7 Å². The fraction of sp³-hybridized carbons (Fsp3) is 1.00. The van der Waals surface area contributed by atoms with Gasteiger partial charge in [0.2, 0.25) is 0 Å². The molecule has 0 bridgehead atoms. The van der Waals surface area contributed by atoms with Crippen molar-refractivity contribution >= 4 is 18.1 Å². The van der Waals surface area contributed by atoms with Gasteiger partial charge in [-0.1, -0.05) is 0 Å². The van der Waals surface area contributed by atoms with E-state index in [4.69, 9.17) is 20.5 Å². The lowest BCUT2D eigenvalue weighted by atomic mass is 10.2. The molecule has 0 aromatic heterocycles. The third-order valence-electron chi connectivity index (χ3n) is 1.14. The van der Waals surface area contributed by atoms with Crippen LogP contribution in [0.25, 0.3) is 0 Å². The lowest BCUT2D eigenvalue weighted by Gasteiger charge is -2.25. The summed E-state index contributed by atoms with van der Waals surface area (Å²) in [6, 6.07) is 0. The second kappa shape index (κ2) is 5.47. The monoisotopic (exact) mass is 243 g/mol. The van der Waals surface area contributed by atoms with Crippen LogP contribution in [0.1, 0.15) is 34.6 Å². The minimum atomic E-state index is -3.30. The molecule has 0 aliphatic rings. The molecule has 86 valence electrons. The molecule has 0 radical (unpaired) electrons. The maximum Gasteiger partial charge on any atom is 0.363 e. The molecular formula is C8H19ClNO3P. The number of halogens is 1. The molecule has 0 aromatic carbocycles. The summed E-state index contributed by atoms with van der Waals surface area (Å²) in [4.78, 5) is 0. The Morgan fingerprint density at radius 1 is 1.50 bits per heavy atom. The molecule has 0 spiro atoms. The summed E-state index contributed by atoms with van der Waals surface area (Å²) in [5.41, 5.74) is -0.545. The summed E-state index contributed by atoms with van der Waals surface area (Å²) in [7, 11) is 0. The van der Waals surface area contributed by atoms with Gasteiger partial charge in [0.1, 0.15) is 6.23 Å². The predicted octanol–water partition coefficient (Wildman–Crippen LogP) is 3.12. The molecule has 0 aliphatic carbocycles. The van der Waals surface area contributed by atoms with Gasteiger partial charge in [-0.15, -0.1) is 0 Å². The van der Waals surface area contributed by atoms with Crippen LogP contribution in [0.2, 0.25) is 0 Å². The third-order valence-corrected chi connectivity index (χ3v) is 3.10. The lowest BCUT2D eigenvalue weighted by Crippen LogP contribution is -2.28. The van der Waals surface area contributed by atoms with Crippen LogP contribution in [0.4, 0.5) is 0 Å². The molecule has 0 aromatic rings. The van der Waals surface area contributed by atoms with Crippen molar-refractivity contribution in [3.8, 4) is 0 Å². The maximum atomic E-state index is 11.7. The number of nitrogens with one attached hydrogen (secondary N) is 1. The van der Waals surface area contributed by atoms with E-state index in [1.807, 2.05) is 6.92 Å². The topological polar surface area (TPSA) is 47.6 Å². The Morgan fingerprint density at radius 3 is 2.36 bits per heavy atom. The van der Waals surface area contributed by atoms with E-state index in [0.717, 1.165) is 0 Å². The maximum absolute atomic E-state index is 11.7. The molecule has 1 N–H and O–H groups in total. The molecule has 2 atom stereocenters. The van der Waals surface area contributed by atoms with Crippen molar-refractivity contribution in [1.82, 2.24) is 5.09 Å². The highest BCUT2D eigenvalue weighted by Gasteiger charge is 2.28. The summed E-state index contributed by atoms with van der Waals surface area (Å²) in [6.45, 7) is 6.16. The number of hydrogen-bond acceptors (Lipinski definition) is 3. The molecule has 0 rings (SSSR count). The van der Waals surface area contributed by atoms with Crippen LogP contribution in [-0.4, -0.2) is 18.4 Å². The first-order valence-electron chi connectivity index (χ1n) is 4.56. The van der Waals surface area contributed by atoms with E-state index < -0.39 is 12.5 Å². The van der Waals surface area contributed by atoms with E-state index in [9.17, 15) is 4.57 Å². The largest absolute Gasteiger partial charge is 0.363 e. The van der Waals surface area contributed by atoms with Gasteiger partial charge >= 0.3 is 6.87 Å². The predicted molar refractivity (Wildman–Crippen MR) is 58.5 cm³/mol. The molecule has 6 heteroatoms. The van der Waals surface area contributed by atoms with Gasteiger partial charge in [-0.25, -0.2) is 5.09 Å². The van der Waals surface area contributed by atoms with Gasteiger partial charge in [-0.3, -0.25) is 4.57 Å². The normalized spacial score (nSPS) is 19.0. The Hall–Kier alpha value is 0.400. The Bertz CT molecular complexity index is 217. The summed E-state index contributed by atoms with van der Waals surface area (Å²) >= 11 is 5.69. The zero-order chi connectivity index (χ0) is 11.4. The van der Waals surface area contributed by atoms with E-state index in [2.05, 4.69) is 5.09 Å². The highest BCUT2D eigenvalue weighted by molar-refractivity contribution is 7.83. The second-order valence-electron chi connectivity index (χ2n) is 3.91. The van der Waals surface area contributed by atoms with E-state index in [1.165, 1.54) is 0 Å². The van der Waals surface area contributed by atoms with Crippen molar-refractivity contribution in [1.29, 1.82) is 0 Å². The molecule has 2 unspecified atom stereocenters. The highest BCUT2D eigenvalue weighted by atomic mass is 35.7. The summed E-state index contributed by atoms with van der Waals surface area (Å²) in [6.07, 6.45) is -0.384. The molecule has 0 fully saturated rings. The van der Waals surface area contributed by atoms with Gasteiger partial charge in [0.25, 0.3) is 0 Å². The Balaban J connectivity index is 4.14. The van der Waals surface area contributed by atoms with Crippen LogP contribution in [0.15, 0.2) is 0 Å². The van der Waals surface area contributed by atoms with Crippen LogP contribution in [0, 0.1) is 0 Å². The van der Waals surface area contributed by atoms with Gasteiger partial charge < -0.3 is 9.26 Å². The highest BCUT2D eigenvalue weighted by Crippen LogP contribution is 2.51. The van der Waals surface area contributed by atoms with Crippen molar-refractivity contribution in [3.05, 3.63) is 0 Å². The van der Waals surface area contributed by atoms with Crippen LogP contribution in [0.5, 0.6) is 0 Å². The van der Waals surface area contributed by atoms with Crippen LogP contribution in [0.3, 0.4) is 0 Å². The average Bonchev–Trinajstić information content (AvgIpc) is 1.78. The number of hydrogen-bond donors (Lipinski definition) is 1. The molecule has 0 saturated heterocycles. The van der Waals surface area contributed by atoms with Crippen molar-refractivity contribution in [3.63, 3.8) is 0 Å². The van der Waals surface area contributed by atoms with Gasteiger partial charge in [-0.05, 0) is 45.9 Å². The van der Waals surface area contributed by atoms with Crippen molar-refractivity contribution in [2.24, 2.45) is 0 Å². The van der Waals surface area contributed by atoms with Crippen molar-refractivity contribution in [2.75, 3.05) is 6.61 Å².